The largest absolute Gasteiger partial charge is 0.508 e. The number of aromatic hydroxyl groups is 1. The number of hydrazone groups is 1. The second-order valence-electron chi connectivity index (χ2n) is 3.57. The van der Waals surface area contributed by atoms with Gasteiger partial charge in [0.05, 0.1) is 6.21 Å². The van der Waals surface area contributed by atoms with Gasteiger partial charge < -0.3 is 10.4 Å². The number of thiocarbonyl (C=S) groups is 1. The van der Waals surface area contributed by atoms with Crippen LogP contribution in [0, 0.1) is 0 Å². The Hall–Kier alpha value is -1.62. The van der Waals surface area contributed by atoms with Gasteiger partial charge in [-0.15, -0.1) is 0 Å². The van der Waals surface area contributed by atoms with Crippen molar-refractivity contribution >= 4 is 23.5 Å². The van der Waals surface area contributed by atoms with Crippen LogP contribution < -0.4 is 10.7 Å². The first-order valence-electron chi connectivity index (χ1n) is 5.58. The lowest BCUT2D eigenvalue weighted by atomic mass is 10.2. The Morgan fingerprint density at radius 2 is 2.12 bits per heavy atom. The van der Waals surface area contributed by atoms with E-state index in [0.29, 0.717) is 5.11 Å². The second-order valence-corrected chi connectivity index (χ2v) is 3.98. The zero-order valence-corrected chi connectivity index (χ0v) is 10.6. The summed E-state index contributed by atoms with van der Waals surface area (Å²) >= 11 is 5.03. The molecule has 1 rings (SSSR count). The first-order valence-corrected chi connectivity index (χ1v) is 5.99. The number of benzene rings is 1. The molecule has 0 saturated carbocycles. The van der Waals surface area contributed by atoms with Gasteiger partial charge in [-0.1, -0.05) is 13.3 Å². The maximum atomic E-state index is 9.10. The molecule has 0 saturated heterocycles. The number of unbranched alkanes of at least 4 members (excludes halogenated alkanes) is 1. The molecule has 17 heavy (non-hydrogen) atoms. The van der Waals surface area contributed by atoms with Crippen LogP contribution in [0.4, 0.5) is 0 Å². The molecule has 1 aromatic rings. The quantitative estimate of drug-likeness (QED) is 0.324. The molecule has 0 amide bonds. The standard InChI is InChI=1S/C12H17N3OS/c1-2-3-8-13-12(17)15-14-9-10-4-6-11(16)7-5-10/h4-7,9,16H,2-3,8H2,1H3,(H2,13,15,17)/b14-9+. The molecule has 0 heterocycles. The molecule has 0 radical (unpaired) electrons. The third-order valence-electron chi connectivity index (χ3n) is 2.09. The van der Waals surface area contributed by atoms with E-state index < -0.39 is 0 Å². The average molecular weight is 251 g/mol. The van der Waals surface area contributed by atoms with Crippen LogP contribution in [-0.4, -0.2) is 23.0 Å². The molecule has 0 fully saturated rings. The van der Waals surface area contributed by atoms with E-state index in [9.17, 15) is 0 Å². The van der Waals surface area contributed by atoms with Crippen LogP contribution in [0.5, 0.6) is 5.75 Å². The summed E-state index contributed by atoms with van der Waals surface area (Å²) in [7, 11) is 0. The van der Waals surface area contributed by atoms with Crippen molar-refractivity contribution in [1.29, 1.82) is 0 Å². The molecule has 1 aromatic carbocycles. The molecule has 5 heteroatoms. The van der Waals surface area contributed by atoms with Gasteiger partial charge in [0.15, 0.2) is 5.11 Å². The zero-order valence-electron chi connectivity index (χ0n) is 9.81. The number of nitrogens with one attached hydrogen (secondary N) is 2. The molecule has 0 spiro atoms. The van der Waals surface area contributed by atoms with E-state index in [1.807, 2.05) is 0 Å². The molecule has 0 aromatic heterocycles. The molecule has 0 bridgehead atoms. The Morgan fingerprint density at radius 1 is 1.41 bits per heavy atom. The Kier molecular flexibility index (Phi) is 6.03. The van der Waals surface area contributed by atoms with Crippen molar-refractivity contribution in [3.05, 3.63) is 29.8 Å². The van der Waals surface area contributed by atoms with Gasteiger partial charge in [0.1, 0.15) is 5.75 Å². The lowest BCUT2D eigenvalue weighted by molar-refractivity contribution is 0.475. The zero-order chi connectivity index (χ0) is 12.5. The molecule has 92 valence electrons. The Bertz CT molecular complexity index is 376. The number of phenolic OH excluding ortho intramolecular Hbond substituents is 1. The summed E-state index contributed by atoms with van der Waals surface area (Å²) in [5.74, 6) is 0.242. The van der Waals surface area contributed by atoms with Crippen LogP contribution in [0.1, 0.15) is 25.3 Å². The smallest absolute Gasteiger partial charge is 0.186 e. The van der Waals surface area contributed by atoms with Crippen LogP contribution in [0.2, 0.25) is 0 Å². The van der Waals surface area contributed by atoms with Gasteiger partial charge in [0, 0.05) is 6.54 Å². The number of phenols is 1. The van der Waals surface area contributed by atoms with Crippen molar-refractivity contribution in [2.75, 3.05) is 6.54 Å². The van der Waals surface area contributed by atoms with Gasteiger partial charge in [-0.25, -0.2) is 0 Å². The van der Waals surface area contributed by atoms with Crippen LogP contribution in [-0.2, 0) is 0 Å². The van der Waals surface area contributed by atoms with Gasteiger partial charge in [-0.2, -0.15) is 5.10 Å². The van der Waals surface area contributed by atoms with Crippen LogP contribution in [0.25, 0.3) is 0 Å². The average Bonchev–Trinajstić information content (AvgIpc) is 2.32. The van der Waals surface area contributed by atoms with Crippen molar-refractivity contribution in [2.45, 2.75) is 19.8 Å². The third-order valence-corrected chi connectivity index (χ3v) is 2.32. The highest BCUT2D eigenvalue weighted by Gasteiger charge is 1.91. The second kappa shape index (κ2) is 7.62. The summed E-state index contributed by atoms with van der Waals surface area (Å²) in [6.07, 6.45) is 3.86. The highest BCUT2D eigenvalue weighted by Crippen LogP contribution is 2.07. The summed E-state index contributed by atoms with van der Waals surface area (Å²) in [5, 5.41) is 16.7. The van der Waals surface area contributed by atoms with Crippen LogP contribution >= 0.6 is 12.2 Å². The molecule has 0 unspecified atom stereocenters. The van der Waals surface area contributed by atoms with Crippen molar-refractivity contribution in [2.24, 2.45) is 5.10 Å². The maximum absolute atomic E-state index is 9.10. The fraction of sp³-hybridized carbons (Fsp3) is 0.333. The minimum absolute atomic E-state index is 0.242. The lowest BCUT2D eigenvalue weighted by Gasteiger charge is -2.05. The van der Waals surface area contributed by atoms with Crippen molar-refractivity contribution in [3.8, 4) is 5.75 Å². The van der Waals surface area contributed by atoms with Gasteiger partial charge in [-0.05, 0) is 48.5 Å². The van der Waals surface area contributed by atoms with E-state index in [4.69, 9.17) is 17.3 Å². The molecule has 0 aliphatic heterocycles. The lowest BCUT2D eigenvalue weighted by Crippen LogP contribution is -2.32. The minimum atomic E-state index is 0.242. The van der Waals surface area contributed by atoms with Crippen molar-refractivity contribution in [3.63, 3.8) is 0 Å². The normalized spacial score (nSPS) is 10.4. The molecule has 0 aliphatic carbocycles. The molecule has 0 atom stereocenters. The van der Waals surface area contributed by atoms with Gasteiger partial charge in [0.2, 0.25) is 0 Å². The fourth-order valence-corrected chi connectivity index (χ4v) is 1.30. The predicted molar refractivity (Wildman–Crippen MR) is 74.3 cm³/mol. The number of hydrogen-bond donors (Lipinski definition) is 3. The van der Waals surface area contributed by atoms with E-state index in [1.165, 1.54) is 0 Å². The summed E-state index contributed by atoms with van der Waals surface area (Å²) < 4.78 is 0. The van der Waals surface area contributed by atoms with E-state index >= 15 is 0 Å². The molecule has 0 aliphatic rings. The molecule has 3 N–H and O–H groups in total. The van der Waals surface area contributed by atoms with E-state index in [0.717, 1.165) is 24.9 Å². The summed E-state index contributed by atoms with van der Waals surface area (Å²) in [6, 6.07) is 6.76. The Balaban J connectivity index is 2.29. The van der Waals surface area contributed by atoms with Gasteiger partial charge >= 0.3 is 0 Å². The molecular weight excluding hydrogens is 234 g/mol. The predicted octanol–water partition coefficient (Wildman–Crippen LogP) is 1.99. The number of rotatable bonds is 5. The monoisotopic (exact) mass is 251 g/mol. The Morgan fingerprint density at radius 3 is 2.76 bits per heavy atom. The summed E-state index contributed by atoms with van der Waals surface area (Å²) in [5.41, 5.74) is 3.63. The van der Waals surface area contributed by atoms with E-state index in [2.05, 4.69) is 22.8 Å². The summed E-state index contributed by atoms with van der Waals surface area (Å²) in [4.78, 5) is 0. The fourth-order valence-electron chi connectivity index (χ4n) is 1.14. The molecule has 4 nitrogen and oxygen atoms in total. The van der Waals surface area contributed by atoms with Crippen molar-refractivity contribution in [1.82, 2.24) is 10.7 Å². The topological polar surface area (TPSA) is 56.7 Å². The van der Waals surface area contributed by atoms with E-state index in [-0.39, 0.29) is 5.75 Å². The minimum Gasteiger partial charge on any atom is -0.508 e. The number of nitrogens with zero attached hydrogens (tertiary/aromatic N) is 1. The first kappa shape index (κ1) is 13.4. The SMILES string of the molecule is CCCCNC(=S)N/N=C/c1ccc(O)cc1. The highest BCUT2D eigenvalue weighted by molar-refractivity contribution is 7.80. The highest BCUT2D eigenvalue weighted by atomic mass is 32.1. The summed E-state index contributed by atoms with van der Waals surface area (Å²) in [6.45, 7) is 2.98. The van der Waals surface area contributed by atoms with Crippen molar-refractivity contribution < 1.29 is 5.11 Å². The third kappa shape index (κ3) is 5.87. The maximum Gasteiger partial charge on any atom is 0.186 e. The van der Waals surface area contributed by atoms with Gasteiger partial charge in [-0.3, -0.25) is 5.43 Å². The number of hydrogen-bond acceptors (Lipinski definition) is 3. The van der Waals surface area contributed by atoms with E-state index in [1.54, 1.807) is 30.5 Å². The van der Waals surface area contributed by atoms with Crippen LogP contribution in [0.3, 0.4) is 0 Å². The van der Waals surface area contributed by atoms with Gasteiger partial charge in [0.25, 0.3) is 0 Å². The molecular formula is C12H17N3OS. The Labute approximate surface area is 107 Å². The van der Waals surface area contributed by atoms with Crippen LogP contribution in [0.15, 0.2) is 29.4 Å². The first-order chi connectivity index (χ1) is 8.22.